The minimum absolute atomic E-state index is 1.48. The Morgan fingerprint density at radius 2 is 0.667 bits per heavy atom. The molecule has 0 aliphatic rings. The van der Waals surface area contributed by atoms with Gasteiger partial charge in [0.15, 0.2) is 0 Å². The van der Waals surface area contributed by atoms with Crippen molar-refractivity contribution >= 4 is 40.7 Å². The Balaban J connectivity index is 0.000000461. The molecule has 4 aromatic rings. The SMILES string of the molecule is O=P([O-])(O)O.c1cc[c]([Sb+]([c]2ccccc2)([c]2ccccc2)[c]2ccccc2)cc1. The van der Waals surface area contributed by atoms with Gasteiger partial charge >= 0.3 is 154 Å². The van der Waals surface area contributed by atoms with Crippen molar-refractivity contribution in [3.05, 3.63) is 121 Å². The van der Waals surface area contributed by atoms with Gasteiger partial charge in [-0.25, -0.2) is 0 Å². The molecule has 0 amide bonds. The van der Waals surface area contributed by atoms with E-state index in [1.54, 1.807) is 0 Å². The van der Waals surface area contributed by atoms with Crippen molar-refractivity contribution in [3.8, 4) is 0 Å². The van der Waals surface area contributed by atoms with Crippen LogP contribution in [0.1, 0.15) is 0 Å². The van der Waals surface area contributed by atoms with E-state index in [1.165, 1.54) is 14.0 Å². The molecule has 0 fully saturated rings. The van der Waals surface area contributed by atoms with Crippen LogP contribution in [-0.2, 0) is 4.57 Å². The summed E-state index contributed by atoms with van der Waals surface area (Å²) in [6.45, 7) is 0. The molecule has 0 radical (unpaired) electrons. The Bertz CT molecular complexity index is 913. The van der Waals surface area contributed by atoms with Gasteiger partial charge in [-0.2, -0.15) is 0 Å². The van der Waals surface area contributed by atoms with Gasteiger partial charge in [0.05, 0.1) is 0 Å². The van der Waals surface area contributed by atoms with Crippen molar-refractivity contribution in [1.82, 2.24) is 0 Å². The van der Waals surface area contributed by atoms with Gasteiger partial charge in [-0.05, 0) is 0 Å². The summed E-state index contributed by atoms with van der Waals surface area (Å²) in [7, 11) is -4.89. The molecule has 30 heavy (non-hydrogen) atoms. The van der Waals surface area contributed by atoms with Crippen LogP contribution in [0.2, 0.25) is 0 Å². The second-order valence-electron chi connectivity index (χ2n) is 6.50. The Morgan fingerprint density at radius 1 is 0.500 bits per heavy atom. The molecule has 0 spiro atoms. The number of benzene rings is 4. The monoisotopic (exact) mass is 526 g/mol. The summed E-state index contributed by atoms with van der Waals surface area (Å²) in [6, 6.07) is 44.4. The van der Waals surface area contributed by atoms with E-state index >= 15 is 0 Å². The fraction of sp³-hybridized carbons (Fsp3) is 0. The van der Waals surface area contributed by atoms with Gasteiger partial charge in [0.2, 0.25) is 0 Å². The molecule has 0 aliphatic carbocycles. The first-order chi connectivity index (χ1) is 14.4. The number of hydrogen-bond donors (Lipinski definition) is 2. The van der Waals surface area contributed by atoms with Gasteiger partial charge in [-0.1, -0.05) is 0 Å². The zero-order valence-corrected chi connectivity index (χ0v) is 19.6. The molecule has 2 N–H and O–H groups in total. The van der Waals surface area contributed by atoms with Crippen LogP contribution in [0.4, 0.5) is 0 Å². The Hall–Kier alpha value is -2.19. The van der Waals surface area contributed by atoms with Crippen LogP contribution < -0.4 is 18.9 Å². The molecule has 6 heteroatoms. The molecular formula is C24H22O4PSb. The van der Waals surface area contributed by atoms with Gasteiger partial charge < -0.3 is 14.7 Å². The van der Waals surface area contributed by atoms with E-state index in [-0.39, 0.29) is 0 Å². The first-order valence-corrected chi connectivity index (χ1v) is 15.9. The van der Waals surface area contributed by atoms with Crippen molar-refractivity contribution in [2.45, 2.75) is 0 Å². The molecule has 0 atom stereocenters. The maximum atomic E-state index is 8.77. The quantitative estimate of drug-likeness (QED) is 0.312. The van der Waals surface area contributed by atoms with Crippen LogP contribution in [0.15, 0.2) is 121 Å². The van der Waals surface area contributed by atoms with Gasteiger partial charge in [-0.15, -0.1) is 0 Å². The molecule has 4 nitrogen and oxygen atoms in total. The predicted octanol–water partition coefficient (Wildman–Crippen LogP) is 1.50. The second kappa shape index (κ2) is 10.2. The van der Waals surface area contributed by atoms with Gasteiger partial charge in [0.1, 0.15) is 0 Å². The summed E-state index contributed by atoms with van der Waals surface area (Å²) in [5.74, 6) is 0. The van der Waals surface area contributed by atoms with Crippen LogP contribution in [0.5, 0.6) is 0 Å². The average molecular weight is 527 g/mol. The Kier molecular flexibility index (Phi) is 7.66. The van der Waals surface area contributed by atoms with Gasteiger partial charge in [0.25, 0.3) is 7.82 Å². The molecule has 0 saturated heterocycles. The first kappa shape index (κ1) is 22.5. The topological polar surface area (TPSA) is 80.6 Å². The van der Waals surface area contributed by atoms with Crippen molar-refractivity contribution < 1.29 is 19.2 Å². The number of hydrogen-bond acceptors (Lipinski definition) is 2. The zero-order valence-electron chi connectivity index (χ0n) is 16.2. The third kappa shape index (κ3) is 5.49. The Morgan fingerprint density at radius 3 is 0.833 bits per heavy atom. The average Bonchev–Trinajstić information content (AvgIpc) is 2.76. The predicted molar refractivity (Wildman–Crippen MR) is 122 cm³/mol. The van der Waals surface area contributed by atoms with E-state index in [4.69, 9.17) is 19.2 Å². The molecule has 4 aromatic carbocycles. The number of phosphoric acid groups is 1. The summed E-state index contributed by atoms with van der Waals surface area (Å²) in [5.41, 5.74) is 0. The van der Waals surface area contributed by atoms with Gasteiger partial charge in [-0.3, -0.25) is 4.57 Å². The molecule has 0 aliphatic heterocycles. The van der Waals surface area contributed by atoms with Crippen LogP contribution in [0.3, 0.4) is 0 Å². The van der Waals surface area contributed by atoms with E-state index in [2.05, 4.69) is 121 Å². The number of rotatable bonds is 4. The summed E-state index contributed by atoms with van der Waals surface area (Å²) < 4.78 is 14.7. The molecule has 0 bridgehead atoms. The fourth-order valence-corrected chi connectivity index (χ4v) is 15.7. The van der Waals surface area contributed by atoms with Crippen LogP contribution >= 0.6 is 7.82 Å². The summed E-state index contributed by atoms with van der Waals surface area (Å²) >= 11 is -3.17. The van der Waals surface area contributed by atoms with Crippen molar-refractivity contribution in [2.24, 2.45) is 0 Å². The summed E-state index contributed by atoms with van der Waals surface area (Å²) in [4.78, 5) is 22.9. The van der Waals surface area contributed by atoms with Crippen molar-refractivity contribution in [2.75, 3.05) is 0 Å². The standard InChI is InChI=1S/4C6H5.H3O4P.Sb/c4*1-2-4-6-5-3-1;1-5(2,3)4;/h4*1-5H;(H3,1,2,3,4);/q;;;;;+1/p-1. The second-order valence-corrected chi connectivity index (χ2v) is 17.2. The molecule has 0 unspecified atom stereocenters. The maximum absolute atomic E-state index is 8.77. The van der Waals surface area contributed by atoms with E-state index in [9.17, 15) is 0 Å². The minimum atomic E-state index is -4.89. The summed E-state index contributed by atoms with van der Waals surface area (Å²) in [6.07, 6.45) is 0. The molecule has 0 saturated carbocycles. The normalized spacial score (nSPS) is 11.3. The first-order valence-electron chi connectivity index (χ1n) is 9.30. The molecule has 0 aromatic heterocycles. The molecule has 4 rings (SSSR count). The van der Waals surface area contributed by atoms with E-state index in [0.717, 1.165) is 0 Å². The molecule has 0 heterocycles. The van der Waals surface area contributed by atoms with Gasteiger partial charge in [0, 0.05) is 0 Å². The zero-order chi connectivity index (χ0) is 21.5. The third-order valence-corrected chi connectivity index (χ3v) is 16.8. The Labute approximate surface area is 180 Å². The van der Waals surface area contributed by atoms with Crippen molar-refractivity contribution in [3.63, 3.8) is 0 Å². The van der Waals surface area contributed by atoms with E-state index in [0.29, 0.717) is 0 Å². The van der Waals surface area contributed by atoms with E-state index < -0.39 is 26.6 Å². The molecule has 152 valence electrons. The molecular weight excluding hydrogens is 505 g/mol. The summed E-state index contributed by atoms with van der Waals surface area (Å²) in [5, 5.41) is 0. The van der Waals surface area contributed by atoms with Crippen LogP contribution in [-0.4, -0.2) is 28.6 Å². The van der Waals surface area contributed by atoms with Crippen molar-refractivity contribution in [1.29, 1.82) is 0 Å². The van der Waals surface area contributed by atoms with Crippen LogP contribution in [0.25, 0.3) is 0 Å². The van der Waals surface area contributed by atoms with Crippen LogP contribution in [0, 0.1) is 0 Å². The fourth-order valence-electron chi connectivity index (χ4n) is 3.50. The van der Waals surface area contributed by atoms with E-state index in [1.807, 2.05) is 0 Å². The third-order valence-electron chi connectivity index (χ3n) is 4.57.